The molecule has 0 aromatic heterocycles. The molecule has 0 saturated heterocycles. The molecule has 0 bridgehead atoms. The van der Waals surface area contributed by atoms with Gasteiger partial charge in [0.1, 0.15) is 0 Å². The minimum atomic E-state index is -1.03. The second-order valence-electron chi connectivity index (χ2n) is 3.85. The Balaban J connectivity index is 2.48. The summed E-state index contributed by atoms with van der Waals surface area (Å²) in [4.78, 5) is 10.9. The van der Waals surface area contributed by atoms with E-state index in [1.54, 1.807) is 12.1 Å². The summed E-state index contributed by atoms with van der Waals surface area (Å²) in [6, 6.07) is 13.4. The van der Waals surface area contributed by atoms with Crippen LogP contribution in [0.4, 0.5) is 5.69 Å². The first-order valence-corrected chi connectivity index (χ1v) is 5.37. The van der Waals surface area contributed by atoms with Gasteiger partial charge in [0.2, 0.25) is 0 Å². The lowest BCUT2D eigenvalue weighted by Crippen LogP contribution is -2.08. The predicted octanol–water partition coefficient (Wildman–Crippen LogP) is 2.38. The molecule has 4 heteroatoms. The standard InChI is InChI=1S/C14H12N2O2/c15-12-7-6-10(14(17)18)8-11(12)13(16)9-4-2-1-3-5-9/h1-8,16H,15H2,(H,17,18). The van der Waals surface area contributed by atoms with Gasteiger partial charge in [0.15, 0.2) is 0 Å². The van der Waals surface area contributed by atoms with E-state index in [-0.39, 0.29) is 11.3 Å². The summed E-state index contributed by atoms with van der Waals surface area (Å²) in [7, 11) is 0. The minimum Gasteiger partial charge on any atom is -0.478 e. The third kappa shape index (κ3) is 2.22. The Morgan fingerprint density at radius 1 is 1.06 bits per heavy atom. The molecule has 0 radical (unpaired) electrons. The molecule has 0 aliphatic carbocycles. The van der Waals surface area contributed by atoms with E-state index in [0.717, 1.165) is 0 Å². The topological polar surface area (TPSA) is 87.2 Å². The van der Waals surface area contributed by atoms with Crippen LogP contribution in [0.2, 0.25) is 0 Å². The van der Waals surface area contributed by atoms with Crippen LogP contribution in [0.5, 0.6) is 0 Å². The highest BCUT2D eigenvalue weighted by Gasteiger charge is 2.11. The lowest BCUT2D eigenvalue weighted by molar-refractivity contribution is 0.0697. The molecular weight excluding hydrogens is 228 g/mol. The summed E-state index contributed by atoms with van der Waals surface area (Å²) in [6.45, 7) is 0. The first-order valence-electron chi connectivity index (χ1n) is 5.37. The predicted molar refractivity (Wildman–Crippen MR) is 70.2 cm³/mol. The van der Waals surface area contributed by atoms with E-state index >= 15 is 0 Å². The number of carboxylic acid groups (broad SMARTS) is 1. The molecule has 0 saturated carbocycles. The Kier molecular flexibility index (Phi) is 3.10. The molecule has 0 aliphatic rings. The van der Waals surface area contributed by atoms with Crippen molar-refractivity contribution in [3.05, 3.63) is 65.2 Å². The van der Waals surface area contributed by atoms with Crippen LogP contribution in [-0.2, 0) is 0 Å². The van der Waals surface area contributed by atoms with Gasteiger partial charge in [-0.25, -0.2) is 4.79 Å². The molecule has 2 aromatic rings. The van der Waals surface area contributed by atoms with Crippen LogP contribution in [0.3, 0.4) is 0 Å². The molecule has 4 N–H and O–H groups in total. The summed E-state index contributed by atoms with van der Waals surface area (Å²) in [5.41, 5.74) is 7.67. The zero-order valence-electron chi connectivity index (χ0n) is 9.55. The SMILES string of the molecule is N=C(c1ccccc1)c1cc(C(=O)O)ccc1N. The zero-order valence-corrected chi connectivity index (χ0v) is 9.55. The first kappa shape index (κ1) is 11.9. The molecule has 4 nitrogen and oxygen atoms in total. The summed E-state index contributed by atoms with van der Waals surface area (Å²) in [6.07, 6.45) is 0. The number of benzene rings is 2. The van der Waals surface area contributed by atoms with E-state index in [1.165, 1.54) is 18.2 Å². The molecule has 0 spiro atoms. The number of nitrogens with one attached hydrogen (secondary N) is 1. The van der Waals surface area contributed by atoms with Crippen LogP contribution in [-0.4, -0.2) is 16.8 Å². The van der Waals surface area contributed by atoms with Crippen molar-refractivity contribution in [2.45, 2.75) is 0 Å². The molecule has 0 aliphatic heterocycles. The molecule has 90 valence electrons. The van der Waals surface area contributed by atoms with Crippen LogP contribution in [0.25, 0.3) is 0 Å². The lowest BCUT2D eigenvalue weighted by Gasteiger charge is -2.08. The van der Waals surface area contributed by atoms with Crippen molar-refractivity contribution in [1.82, 2.24) is 0 Å². The Labute approximate surface area is 104 Å². The number of hydrogen-bond acceptors (Lipinski definition) is 3. The van der Waals surface area contributed by atoms with Crippen LogP contribution in [0, 0.1) is 5.41 Å². The summed E-state index contributed by atoms with van der Waals surface area (Å²) in [5, 5.41) is 17.0. The fraction of sp³-hybridized carbons (Fsp3) is 0. The number of nitrogens with two attached hydrogens (primary N) is 1. The van der Waals surface area contributed by atoms with Gasteiger partial charge in [0.25, 0.3) is 0 Å². The highest BCUT2D eigenvalue weighted by atomic mass is 16.4. The minimum absolute atomic E-state index is 0.125. The number of aromatic carboxylic acids is 1. The molecule has 18 heavy (non-hydrogen) atoms. The van der Waals surface area contributed by atoms with Gasteiger partial charge in [-0.05, 0) is 18.2 Å². The quantitative estimate of drug-likeness (QED) is 0.568. The Bertz CT molecular complexity index is 606. The molecule has 2 aromatic carbocycles. The number of carboxylic acids is 1. The van der Waals surface area contributed by atoms with Gasteiger partial charge in [-0.1, -0.05) is 30.3 Å². The monoisotopic (exact) mass is 240 g/mol. The van der Waals surface area contributed by atoms with Crippen molar-refractivity contribution in [2.75, 3.05) is 5.73 Å². The Morgan fingerprint density at radius 2 is 1.72 bits per heavy atom. The Morgan fingerprint density at radius 3 is 2.33 bits per heavy atom. The third-order valence-corrected chi connectivity index (χ3v) is 2.63. The second-order valence-corrected chi connectivity index (χ2v) is 3.85. The molecule has 0 heterocycles. The number of nitrogen functional groups attached to an aromatic ring is 1. The van der Waals surface area contributed by atoms with E-state index in [2.05, 4.69) is 0 Å². The highest BCUT2D eigenvalue weighted by Crippen LogP contribution is 2.18. The average molecular weight is 240 g/mol. The van der Waals surface area contributed by atoms with Crippen LogP contribution in [0.15, 0.2) is 48.5 Å². The largest absolute Gasteiger partial charge is 0.478 e. The highest BCUT2D eigenvalue weighted by molar-refractivity contribution is 6.14. The number of anilines is 1. The van der Waals surface area contributed by atoms with E-state index in [9.17, 15) is 4.79 Å². The number of rotatable bonds is 3. The average Bonchev–Trinajstić information content (AvgIpc) is 2.39. The molecule has 0 unspecified atom stereocenters. The van der Waals surface area contributed by atoms with Crippen LogP contribution >= 0.6 is 0 Å². The van der Waals surface area contributed by atoms with Crippen molar-refractivity contribution in [2.24, 2.45) is 0 Å². The van der Waals surface area contributed by atoms with Crippen molar-refractivity contribution in [1.29, 1.82) is 5.41 Å². The first-order chi connectivity index (χ1) is 8.59. The van der Waals surface area contributed by atoms with Crippen molar-refractivity contribution < 1.29 is 9.90 Å². The molecule has 0 fully saturated rings. The third-order valence-electron chi connectivity index (χ3n) is 2.63. The van der Waals surface area contributed by atoms with Crippen LogP contribution in [0.1, 0.15) is 21.5 Å². The second kappa shape index (κ2) is 4.71. The zero-order chi connectivity index (χ0) is 13.1. The normalized spacial score (nSPS) is 10.0. The van der Waals surface area contributed by atoms with Crippen molar-refractivity contribution in [3.63, 3.8) is 0 Å². The van der Waals surface area contributed by atoms with E-state index in [0.29, 0.717) is 16.8 Å². The maximum atomic E-state index is 10.9. The Hall–Kier alpha value is -2.62. The summed E-state index contributed by atoms with van der Waals surface area (Å²) in [5.74, 6) is -1.03. The van der Waals surface area contributed by atoms with Gasteiger partial charge in [-0.3, -0.25) is 5.41 Å². The van der Waals surface area contributed by atoms with Crippen LogP contribution < -0.4 is 5.73 Å². The summed E-state index contributed by atoms with van der Waals surface area (Å²) < 4.78 is 0. The van der Waals surface area contributed by atoms with Gasteiger partial charge in [-0.15, -0.1) is 0 Å². The number of carbonyl (C=O) groups is 1. The van der Waals surface area contributed by atoms with Crippen molar-refractivity contribution in [3.8, 4) is 0 Å². The van der Waals surface area contributed by atoms with Gasteiger partial charge in [0, 0.05) is 16.8 Å². The summed E-state index contributed by atoms with van der Waals surface area (Å²) >= 11 is 0. The van der Waals surface area contributed by atoms with E-state index < -0.39 is 5.97 Å². The molecular formula is C14H12N2O2. The van der Waals surface area contributed by atoms with E-state index in [1.807, 2.05) is 18.2 Å². The van der Waals surface area contributed by atoms with Gasteiger partial charge < -0.3 is 10.8 Å². The fourth-order valence-corrected chi connectivity index (χ4v) is 1.67. The lowest BCUT2D eigenvalue weighted by atomic mass is 9.99. The van der Waals surface area contributed by atoms with Gasteiger partial charge in [0.05, 0.1) is 11.3 Å². The molecule has 0 amide bonds. The van der Waals surface area contributed by atoms with Gasteiger partial charge >= 0.3 is 5.97 Å². The van der Waals surface area contributed by atoms with Crippen molar-refractivity contribution >= 4 is 17.4 Å². The smallest absolute Gasteiger partial charge is 0.335 e. The molecule has 2 rings (SSSR count). The number of hydrogen-bond donors (Lipinski definition) is 3. The maximum absolute atomic E-state index is 10.9. The maximum Gasteiger partial charge on any atom is 0.335 e. The van der Waals surface area contributed by atoms with Gasteiger partial charge in [-0.2, -0.15) is 0 Å². The molecule has 0 atom stereocenters. The fourth-order valence-electron chi connectivity index (χ4n) is 1.67. The van der Waals surface area contributed by atoms with E-state index in [4.69, 9.17) is 16.2 Å².